The van der Waals surface area contributed by atoms with Gasteiger partial charge in [0.2, 0.25) is 0 Å². The number of carbonyl (C=O) groups is 1. The number of para-hydroxylation sites is 1. The molecule has 6 heteroatoms. The lowest BCUT2D eigenvalue weighted by Crippen LogP contribution is -2.47. The number of carbonyl (C=O) groups excluding carboxylic acids is 1. The number of nitrogens with one attached hydrogen (secondary N) is 1. The van der Waals surface area contributed by atoms with E-state index in [1.165, 1.54) is 0 Å². The van der Waals surface area contributed by atoms with Crippen LogP contribution in [-0.4, -0.2) is 54.6 Å². The van der Waals surface area contributed by atoms with Gasteiger partial charge < -0.3 is 14.2 Å². The number of amides is 1. The standard InChI is InChI=1S/C21H26N4O2/c1-15-19-17(23-22-16-7-4-3-5-8-16)9-6-10-18(19)27-20(15)21(26)25-13-11-24(2)12-14-25/h3-5,7-8,22H,6,9-14H2,1-2H3/b23-17+. The minimum absolute atomic E-state index is 0.00497. The van der Waals surface area contributed by atoms with Gasteiger partial charge in [-0.05, 0) is 38.9 Å². The Kier molecular flexibility index (Phi) is 4.99. The second kappa shape index (κ2) is 7.56. The summed E-state index contributed by atoms with van der Waals surface area (Å²) in [4.78, 5) is 17.1. The van der Waals surface area contributed by atoms with Crippen molar-refractivity contribution in [2.45, 2.75) is 26.2 Å². The Balaban J connectivity index is 1.59. The third-order valence-electron chi connectivity index (χ3n) is 5.40. The van der Waals surface area contributed by atoms with Crippen LogP contribution in [-0.2, 0) is 6.42 Å². The molecule has 2 heterocycles. The van der Waals surface area contributed by atoms with Gasteiger partial charge in [0.25, 0.3) is 5.91 Å². The zero-order valence-electron chi connectivity index (χ0n) is 16.0. The van der Waals surface area contributed by atoms with Crippen molar-refractivity contribution in [3.05, 3.63) is 53.0 Å². The number of hydrogen-bond donors (Lipinski definition) is 1. The van der Waals surface area contributed by atoms with Gasteiger partial charge in [-0.25, -0.2) is 0 Å². The summed E-state index contributed by atoms with van der Waals surface area (Å²) in [6, 6.07) is 9.90. The molecule has 2 aliphatic rings. The number of piperazine rings is 1. The quantitative estimate of drug-likeness (QED) is 0.848. The molecule has 27 heavy (non-hydrogen) atoms. The maximum Gasteiger partial charge on any atom is 0.289 e. The number of hydrogen-bond acceptors (Lipinski definition) is 5. The number of hydrazone groups is 1. The van der Waals surface area contributed by atoms with Crippen LogP contribution in [0.5, 0.6) is 0 Å². The Morgan fingerprint density at radius 3 is 2.59 bits per heavy atom. The molecule has 1 aromatic heterocycles. The van der Waals surface area contributed by atoms with Gasteiger partial charge in [0.05, 0.1) is 11.4 Å². The zero-order chi connectivity index (χ0) is 18.8. The van der Waals surface area contributed by atoms with E-state index in [0.29, 0.717) is 5.76 Å². The van der Waals surface area contributed by atoms with Crippen molar-refractivity contribution in [2.75, 3.05) is 38.7 Å². The fraction of sp³-hybridized carbons (Fsp3) is 0.429. The molecule has 0 saturated carbocycles. The highest BCUT2D eigenvalue weighted by Crippen LogP contribution is 2.31. The molecule has 1 saturated heterocycles. The number of benzene rings is 1. The Labute approximate surface area is 159 Å². The van der Waals surface area contributed by atoms with Gasteiger partial charge in [-0.15, -0.1) is 0 Å². The highest BCUT2D eigenvalue weighted by atomic mass is 16.4. The maximum atomic E-state index is 13.0. The number of anilines is 1. The van der Waals surface area contributed by atoms with E-state index in [4.69, 9.17) is 4.42 Å². The van der Waals surface area contributed by atoms with E-state index in [1.54, 1.807) is 0 Å². The first-order chi connectivity index (χ1) is 13.1. The van der Waals surface area contributed by atoms with Crippen LogP contribution < -0.4 is 5.43 Å². The van der Waals surface area contributed by atoms with Gasteiger partial charge in [-0.2, -0.15) is 5.10 Å². The summed E-state index contributed by atoms with van der Waals surface area (Å²) in [5, 5.41) is 4.63. The van der Waals surface area contributed by atoms with E-state index in [0.717, 1.165) is 73.7 Å². The van der Waals surface area contributed by atoms with Crippen LogP contribution in [0.4, 0.5) is 5.69 Å². The first-order valence-corrected chi connectivity index (χ1v) is 9.61. The summed E-state index contributed by atoms with van der Waals surface area (Å²) >= 11 is 0. The fourth-order valence-corrected chi connectivity index (χ4v) is 3.78. The first kappa shape index (κ1) is 17.8. The second-order valence-electron chi connectivity index (χ2n) is 7.34. The van der Waals surface area contributed by atoms with Crippen molar-refractivity contribution in [1.29, 1.82) is 0 Å². The minimum atomic E-state index is 0.00497. The SMILES string of the molecule is Cc1c(C(=O)N2CCN(C)CC2)oc2c1/C(=N/Nc1ccccc1)CCC2. The fourth-order valence-electron chi connectivity index (χ4n) is 3.78. The summed E-state index contributed by atoms with van der Waals surface area (Å²) < 4.78 is 6.05. The van der Waals surface area contributed by atoms with Crippen molar-refractivity contribution in [1.82, 2.24) is 9.80 Å². The van der Waals surface area contributed by atoms with Gasteiger partial charge in [0.15, 0.2) is 5.76 Å². The number of aryl methyl sites for hydroxylation is 1. The van der Waals surface area contributed by atoms with Crippen molar-refractivity contribution >= 4 is 17.3 Å². The molecule has 0 bridgehead atoms. The Morgan fingerprint density at radius 1 is 1.11 bits per heavy atom. The van der Waals surface area contributed by atoms with E-state index in [1.807, 2.05) is 42.2 Å². The molecule has 0 unspecified atom stereocenters. The molecule has 1 fully saturated rings. The predicted octanol–water partition coefficient (Wildman–Crippen LogP) is 3.13. The number of likely N-dealkylation sites (N-methyl/N-ethyl adjacent to an activating group) is 1. The van der Waals surface area contributed by atoms with E-state index >= 15 is 0 Å². The van der Waals surface area contributed by atoms with Gasteiger partial charge in [0, 0.05) is 43.7 Å². The van der Waals surface area contributed by atoms with E-state index in [9.17, 15) is 4.79 Å². The molecular formula is C21H26N4O2. The van der Waals surface area contributed by atoms with Gasteiger partial charge in [0.1, 0.15) is 5.76 Å². The predicted molar refractivity (Wildman–Crippen MR) is 106 cm³/mol. The first-order valence-electron chi connectivity index (χ1n) is 9.61. The minimum Gasteiger partial charge on any atom is -0.455 e. The molecule has 0 atom stereocenters. The van der Waals surface area contributed by atoms with Crippen LogP contribution in [0, 0.1) is 6.92 Å². The van der Waals surface area contributed by atoms with Crippen LogP contribution in [0.3, 0.4) is 0 Å². The lowest BCUT2D eigenvalue weighted by atomic mass is 9.93. The molecule has 0 spiro atoms. The van der Waals surface area contributed by atoms with Crippen LogP contribution in [0.2, 0.25) is 0 Å². The van der Waals surface area contributed by atoms with E-state index in [-0.39, 0.29) is 5.91 Å². The number of rotatable bonds is 3. The highest BCUT2D eigenvalue weighted by molar-refractivity contribution is 6.06. The Hall–Kier alpha value is -2.60. The molecule has 1 aromatic carbocycles. The van der Waals surface area contributed by atoms with Crippen molar-refractivity contribution in [3.8, 4) is 0 Å². The average molecular weight is 366 g/mol. The molecule has 0 radical (unpaired) electrons. The largest absolute Gasteiger partial charge is 0.455 e. The summed E-state index contributed by atoms with van der Waals surface area (Å²) in [5.74, 6) is 1.38. The molecule has 4 rings (SSSR count). The van der Waals surface area contributed by atoms with Crippen molar-refractivity contribution in [2.24, 2.45) is 5.10 Å². The van der Waals surface area contributed by atoms with Gasteiger partial charge in [-0.1, -0.05) is 18.2 Å². The monoisotopic (exact) mass is 366 g/mol. The average Bonchev–Trinajstić information content (AvgIpc) is 3.04. The zero-order valence-corrected chi connectivity index (χ0v) is 16.0. The summed E-state index contributed by atoms with van der Waals surface area (Å²) in [5.41, 5.74) is 6.99. The lowest BCUT2D eigenvalue weighted by Gasteiger charge is -2.31. The number of furan rings is 1. The number of fused-ring (bicyclic) bond motifs is 1. The van der Waals surface area contributed by atoms with Gasteiger partial charge >= 0.3 is 0 Å². The van der Waals surface area contributed by atoms with Crippen LogP contribution >= 0.6 is 0 Å². The lowest BCUT2D eigenvalue weighted by molar-refractivity contribution is 0.0629. The highest BCUT2D eigenvalue weighted by Gasteiger charge is 2.31. The molecule has 6 nitrogen and oxygen atoms in total. The van der Waals surface area contributed by atoms with Gasteiger partial charge in [-0.3, -0.25) is 10.2 Å². The van der Waals surface area contributed by atoms with Crippen LogP contribution in [0.25, 0.3) is 0 Å². The van der Waals surface area contributed by atoms with E-state index < -0.39 is 0 Å². The summed E-state index contributed by atoms with van der Waals surface area (Å²) in [6.07, 6.45) is 2.73. The summed E-state index contributed by atoms with van der Waals surface area (Å²) in [6.45, 7) is 5.28. The molecule has 1 N–H and O–H groups in total. The van der Waals surface area contributed by atoms with Crippen molar-refractivity contribution in [3.63, 3.8) is 0 Å². The molecule has 2 aromatic rings. The normalized spacial score (nSPS) is 19.2. The summed E-state index contributed by atoms with van der Waals surface area (Å²) in [7, 11) is 2.08. The third-order valence-corrected chi connectivity index (χ3v) is 5.40. The number of nitrogens with zero attached hydrogens (tertiary/aromatic N) is 3. The topological polar surface area (TPSA) is 61.1 Å². The smallest absolute Gasteiger partial charge is 0.289 e. The molecular weight excluding hydrogens is 340 g/mol. The van der Waals surface area contributed by atoms with Crippen LogP contribution in [0.15, 0.2) is 39.9 Å². The Morgan fingerprint density at radius 2 is 1.85 bits per heavy atom. The van der Waals surface area contributed by atoms with E-state index in [2.05, 4.69) is 22.5 Å². The third kappa shape index (κ3) is 3.62. The van der Waals surface area contributed by atoms with Crippen molar-refractivity contribution < 1.29 is 9.21 Å². The second-order valence-corrected chi connectivity index (χ2v) is 7.34. The molecule has 1 aliphatic heterocycles. The molecule has 142 valence electrons. The maximum absolute atomic E-state index is 13.0. The Bertz CT molecular complexity index is 849. The molecule has 1 aliphatic carbocycles. The molecule has 1 amide bonds. The van der Waals surface area contributed by atoms with Crippen LogP contribution in [0.1, 0.15) is 40.3 Å².